The van der Waals surface area contributed by atoms with Crippen molar-refractivity contribution in [1.29, 1.82) is 0 Å². The molecule has 0 aromatic heterocycles. The summed E-state index contributed by atoms with van der Waals surface area (Å²) in [7, 11) is -5.58. The molecule has 0 aromatic carbocycles. The lowest BCUT2D eigenvalue weighted by Gasteiger charge is -2.25. The lowest BCUT2D eigenvalue weighted by Crippen LogP contribution is -2.45. The van der Waals surface area contributed by atoms with E-state index < -0.39 is 16.8 Å². The SMILES string of the molecule is C[Si](C)(F)CN(C=O)C[Si](C)(C)F. The Kier molecular flexibility index (Phi) is 4.24. The molecule has 0 heterocycles. The predicted octanol–water partition coefficient (Wildman–Crippen LogP) is 1.87. The fourth-order valence-electron chi connectivity index (χ4n) is 1.10. The van der Waals surface area contributed by atoms with Gasteiger partial charge in [0.15, 0.2) is 0 Å². The highest BCUT2D eigenvalue weighted by Crippen LogP contribution is 2.09. The van der Waals surface area contributed by atoms with Crippen LogP contribution in [0.4, 0.5) is 8.22 Å². The van der Waals surface area contributed by atoms with Gasteiger partial charge in [-0.2, -0.15) is 0 Å². The van der Waals surface area contributed by atoms with Crippen molar-refractivity contribution < 1.29 is 13.0 Å². The van der Waals surface area contributed by atoms with E-state index in [2.05, 4.69) is 0 Å². The van der Waals surface area contributed by atoms with Crippen LogP contribution in [0.5, 0.6) is 0 Å². The minimum absolute atomic E-state index is 0.0941. The van der Waals surface area contributed by atoms with Gasteiger partial charge in [0.2, 0.25) is 6.41 Å². The smallest absolute Gasteiger partial charge is 0.259 e. The van der Waals surface area contributed by atoms with Crippen LogP contribution in [0.25, 0.3) is 0 Å². The number of amides is 1. The average Bonchev–Trinajstić information content (AvgIpc) is 1.79. The second kappa shape index (κ2) is 4.32. The first-order valence-corrected chi connectivity index (χ1v) is 10.4. The Bertz CT molecular complexity index is 160. The van der Waals surface area contributed by atoms with Gasteiger partial charge in [-0.3, -0.25) is 4.79 Å². The molecule has 0 atom stereocenters. The molecule has 0 aromatic rings. The van der Waals surface area contributed by atoms with Crippen LogP contribution in [0.1, 0.15) is 0 Å². The Labute approximate surface area is 80.3 Å². The van der Waals surface area contributed by atoms with Crippen LogP contribution in [-0.4, -0.2) is 40.5 Å². The number of carbonyl (C=O) groups is 1. The highest BCUT2D eigenvalue weighted by atomic mass is 28.4. The molecule has 0 aliphatic heterocycles. The minimum Gasteiger partial charge on any atom is -0.346 e. The molecule has 0 N–H and O–H groups in total. The maximum Gasteiger partial charge on any atom is 0.259 e. The van der Waals surface area contributed by atoms with Gasteiger partial charge in [0, 0.05) is 12.3 Å². The Morgan fingerprint density at radius 2 is 1.38 bits per heavy atom. The molecule has 78 valence electrons. The summed E-state index contributed by atoms with van der Waals surface area (Å²) >= 11 is 0. The third kappa shape index (κ3) is 8.10. The Hall–Kier alpha value is -0.236. The van der Waals surface area contributed by atoms with Crippen molar-refractivity contribution in [1.82, 2.24) is 4.90 Å². The second-order valence-electron chi connectivity index (χ2n) is 4.45. The molecule has 0 saturated carbocycles. The normalized spacial score (nSPS) is 12.8. The van der Waals surface area contributed by atoms with E-state index in [1.807, 2.05) is 0 Å². The summed E-state index contributed by atoms with van der Waals surface area (Å²) in [4.78, 5) is 11.7. The molecule has 0 unspecified atom stereocenters. The van der Waals surface area contributed by atoms with Crippen LogP contribution in [-0.2, 0) is 4.79 Å². The van der Waals surface area contributed by atoms with Crippen molar-refractivity contribution >= 4 is 23.2 Å². The van der Waals surface area contributed by atoms with E-state index in [0.717, 1.165) is 0 Å². The number of halogens is 2. The Morgan fingerprint density at radius 3 is 1.54 bits per heavy atom. The summed E-state index contributed by atoms with van der Waals surface area (Å²) < 4.78 is 26.5. The van der Waals surface area contributed by atoms with E-state index in [1.54, 1.807) is 0 Å². The van der Waals surface area contributed by atoms with Gasteiger partial charge < -0.3 is 13.1 Å². The van der Waals surface area contributed by atoms with Crippen molar-refractivity contribution in [3.8, 4) is 0 Å². The number of rotatable bonds is 5. The molecule has 2 nitrogen and oxygen atoms in total. The van der Waals surface area contributed by atoms with Crippen LogP contribution in [0, 0.1) is 0 Å². The zero-order chi connectivity index (χ0) is 10.7. The molecule has 0 aliphatic rings. The molecule has 0 rings (SSSR count). The zero-order valence-electron chi connectivity index (χ0n) is 8.60. The van der Waals surface area contributed by atoms with Gasteiger partial charge in [-0.25, -0.2) is 0 Å². The summed E-state index contributed by atoms with van der Waals surface area (Å²) in [5.41, 5.74) is 0. The molecule has 0 saturated heterocycles. The van der Waals surface area contributed by atoms with Crippen LogP contribution in [0.15, 0.2) is 0 Å². The highest BCUT2D eigenvalue weighted by Gasteiger charge is 2.29. The number of hydrogen-bond donors (Lipinski definition) is 0. The lowest BCUT2D eigenvalue weighted by molar-refractivity contribution is -0.117. The molecule has 0 aliphatic carbocycles. The monoisotopic (exact) mass is 225 g/mol. The molecule has 0 radical (unpaired) electrons. The summed E-state index contributed by atoms with van der Waals surface area (Å²) in [5.74, 6) is 0. The Morgan fingerprint density at radius 1 is 1.08 bits per heavy atom. The summed E-state index contributed by atoms with van der Waals surface area (Å²) in [5, 5.41) is 0. The molecular weight excluding hydrogens is 208 g/mol. The van der Waals surface area contributed by atoms with Gasteiger partial charge in [0.05, 0.1) is 0 Å². The molecule has 6 heteroatoms. The largest absolute Gasteiger partial charge is 0.346 e. The van der Waals surface area contributed by atoms with Crippen LogP contribution in [0.3, 0.4) is 0 Å². The van der Waals surface area contributed by atoms with E-state index in [0.29, 0.717) is 6.41 Å². The van der Waals surface area contributed by atoms with Crippen molar-refractivity contribution in [2.45, 2.75) is 26.2 Å². The van der Waals surface area contributed by atoms with Gasteiger partial charge in [-0.05, 0) is 26.2 Å². The first kappa shape index (κ1) is 12.8. The fraction of sp³-hybridized carbons (Fsp3) is 0.857. The van der Waals surface area contributed by atoms with Gasteiger partial charge in [0.1, 0.15) is 0 Å². The predicted molar refractivity (Wildman–Crippen MR) is 54.8 cm³/mol. The molecular formula is C7H17F2NOSi2. The first-order valence-electron chi connectivity index (χ1n) is 4.21. The second-order valence-corrected chi connectivity index (χ2v) is 12.0. The molecule has 0 fully saturated rings. The zero-order valence-corrected chi connectivity index (χ0v) is 10.6. The van der Waals surface area contributed by atoms with E-state index in [4.69, 9.17) is 0 Å². The van der Waals surface area contributed by atoms with Gasteiger partial charge in [-0.1, -0.05) is 0 Å². The van der Waals surface area contributed by atoms with E-state index in [-0.39, 0.29) is 12.3 Å². The third-order valence-electron chi connectivity index (χ3n) is 1.31. The van der Waals surface area contributed by atoms with Crippen molar-refractivity contribution in [2.75, 3.05) is 12.3 Å². The average molecular weight is 225 g/mol. The molecule has 0 bridgehead atoms. The summed E-state index contributed by atoms with van der Waals surface area (Å²) in [6.45, 7) is 6.04. The van der Waals surface area contributed by atoms with E-state index in [9.17, 15) is 13.0 Å². The lowest BCUT2D eigenvalue weighted by atomic mass is 11.0. The maximum atomic E-state index is 13.2. The van der Waals surface area contributed by atoms with Gasteiger partial charge in [-0.15, -0.1) is 0 Å². The molecule has 1 amide bonds. The summed E-state index contributed by atoms with van der Waals surface area (Å²) in [6, 6.07) is 0. The summed E-state index contributed by atoms with van der Waals surface area (Å²) in [6.07, 6.45) is 0.732. The molecule has 13 heavy (non-hydrogen) atoms. The van der Waals surface area contributed by atoms with Gasteiger partial charge in [0.25, 0.3) is 16.8 Å². The highest BCUT2D eigenvalue weighted by molar-refractivity contribution is 6.72. The third-order valence-corrected chi connectivity index (χ3v) is 3.62. The number of carbonyl (C=O) groups excluding carboxylic acids is 1. The van der Waals surface area contributed by atoms with Gasteiger partial charge >= 0.3 is 0 Å². The van der Waals surface area contributed by atoms with Crippen molar-refractivity contribution in [3.63, 3.8) is 0 Å². The molecule has 0 spiro atoms. The maximum absolute atomic E-state index is 13.2. The fourth-order valence-corrected chi connectivity index (χ4v) is 3.62. The minimum atomic E-state index is -2.79. The van der Waals surface area contributed by atoms with Crippen molar-refractivity contribution in [3.05, 3.63) is 0 Å². The van der Waals surface area contributed by atoms with Crippen molar-refractivity contribution in [2.24, 2.45) is 0 Å². The van der Waals surface area contributed by atoms with Crippen LogP contribution >= 0.6 is 0 Å². The Balaban J connectivity index is 4.13. The standard InChI is InChI=1S/C7H17F2NOSi2/c1-12(2,8)6-10(5-11)7-13(3,4)9/h5H,6-7H2,1-4H3. The van der Waals surface area contributed by atoms with Crippen LogP contribution < -0.4 is 0 Å². The first-order chi connectivity index (χ1) is 5.64. The quantitative estimate of drug-likeness (QED) is 0.397. The van der Waals surface area contributed by atoms with E-state index >= 15 is 0 Å². The van der Waals surface area contributed by atoms with E-state index in [1.165, 1.54) is 31.1 Å². The van der Waals surface area contributed by atoms with Crippen LogP contribution in [0.2, 0.25) is 26.2 Å². The number of hydrogen-bond acceptors (Lipinski definition) is 1. The number of nitrogens with zero attached hydrogens (tertiary/aromatic N) is 1. The topological polar surface area (TPSA) is 20.3 Å².